The van der Waals surface area contributed by atoms with Crippen molar-refractivity contribution in [2.75, 3.05) is 11.9 Å². The number of anilines is 1. The van der Waals surface area contributed by atoms with Crippen LogP contribution in [0.1, 0.15) is 37.9 Å². The summed E-state index contributed by atoms with van der Waals surface area (Å²) in [5, 5.41) is 22.1. The van der Waals surface area contributed by atoms with E-state index in [-0.39, 0.29) is 5.92 Å². The molecule has 0 aliphatic carbocycles. The number of nitriles is 1. The van der Waals surface area contributed by atoms with Gasteiger partial charge in [-0.1, -0.05) is 26.7 Å². The van der Waals surface area contributed by atoms with E-state index in [1.54, 1.807) is 12.1 Å². The Morgan fingerprint density at radius 2 is 2.06 bits per heavy atom. The first-order chi connectivity index (χ1) is 8.62. The van der Waals surface area contributed by atoms with Gasteiger partial charge in [-0.25, -0.2) is 4.98 Å². The number of hydrogen-bond acceptors (Lipinski definition) is 4. The van der Waals surface area contributed by atoms with Crippen LogP contribution in [0.25, 0.3) is 0 Å². The summed E-state index contributed by atoms with van der Waals surface area (Å²) in [6.07, 6.45) is 1.49. The largest absolute Gasteiger partial charge is 0.391 e. The van der Waals surface area contributed by atoms with E-state index in [0.717, 1.165) is 18.5 Å². The predicted octanol–water partition coefficient (Wildman–Crippen LogP) is 2.47. The average Bonchev–Trinajstić information content (AvgIpc) is 2.38. The molecule has 0 unspecified atom stereocenters. The molecule has 2 N–H and O–H groups in total. The maximum Gasteiger partial charge on any atom is 0.144 e. The molecular weight excluding hydrogens is 226 g/mol. The number of hydrogen-bond donors (Lipinski definition) is 2. The Morgan fingerprint density at radius 1 is 1.39 bits per heavy atom. The molecule has 0 fully saturated rings. The molecule has 0 bridgehead atoms. The van der Waals surface area contributed by atoms with Gasteiger partial charge in [-0.15, -0.1) is 0 Å². The summed E-state index contributed by atoms with van der Waals surface area (Å²) in [6, 6.07) is 5.65. The van der Waals surface area contributed by atoms with Crippen molar-refractivity contribution in [1.82, 2.24) is 4.98 Å². The molecule has 18 heavy (non-hydrogen) atoms. The molecule has 98 valence electrons. The van der Waals surface area contributed by atoms with Crippen molar-refractivity contribution in [1.29, 1.82) is 5.26 Å². The van der Waals surface area contributed by atoms with Crippen LogP contribution in [0.5, 0.6) is 0 Å². The van der Waals surface area contributed by atoms with E-state index in [1.807, 2.05) is 6.92 Å². The van der Waals surface area contributed by atoms with E-state index < -0.39 is 6.10 Å². The number of pyridine rings is 1. The summed E-state index contributed by atoms with van der Waals surface area (Å²) < 4.78 is 0. The lowest BCUT2D eigenvalue weighted by Crippen LogP contribution is -2.28. The fourth-order valence-electron chi connectivity index (χ4n) is 1.98. The molecule has 0 amide bonds. The number of nitrogens with zero attached hydrogens (tertiary/aromatic N) is 2. The Bertz CT molecular complexity index is 422. The van der Waals surface area contributed by atoms with Crippen LogP contribution in [-0.2, 0) is 0 Å². The third-order valence-electron chi connectivity index (χ3n) is 3.23. The van der Waals surface area contributed by atoms with E-state index in [1.165, 1.54) is 0 Å². The lowest BCUT2D eigenvalue weighted by atomic mass is 9.96. The topological polar surface area (TPSA) is 68.9 Å². The summed E-state index contributed by atoms with van der Waals surface area (Å²) in [5.41, 5.74) is 1.37. The fraction of sp³-hybridized carbons (Fsp3) is 0.571. The minimum Gasteiger partial charge on any atom is -0.391 e. The zero-order chi connectivity index (χ0) is 13.5. The predicted molar refractivity (Wildman–Crippen MR) is 72.3 cm³/mol. The van der Waals surface area contributed by atoms with Gasteiger partial charge in [-0.2, -0.15) is 5.26 Å². The smallest absolute Gasteiger partial charge is 0.144 e. The molecule has 4 nitrogen and oxygen atoms in total. The molecule has 4 heteroatoms. The number of aliphatic hydroxyl groups is 1. The van der Waals surface area contributed by atoms with Crippen LogP contribution in [0.15, 0.2) is 12.1 Å². The van der Waals surface area contributed by atoms with Crippen molar-refractivity contribution < 1.29 is 5.11 Å². The third kappa shape index (κ3) is 3.71. The molecule has 1 atom stereocenters. The summed E-state index contributed by atoms with van der Waals surface area (Å²) in [4.78, 5) is 4.28. The second-order valence-electron chi connectivity index (χ2n) is 4.49. The summed E-state index contributed by atoms with van der Waals surface area (Å²) in [6.45, 7) is 6.45. The maximum absolute atomic E-state index is 10.0. The first-order valence-electron chi connectivity index (χ1n) is 6.42. The molecule has 0 aliphatic heterocycles. The van der Waals surface area contributed by atoms with Gasteiger partial charge in [-0.05, 0) is 25.0 Å². The zero-order valence-corrected chi connectivity index (χ0v) is 11.3. The minimum absolute atomic E-state index is 0.285. The lowest BCUT2D eigenvalue weighted by Gasteiger charge is -2.20. The lowest BCUT2D eigenvalue weighted by molar-refractivity contribution is 0.114. The summed E-state index contributed by atoms with van der Waals surface area (Å²) in [5.74, 6) is 0.843. The van der Waals surface area contributed by atoms with Gasteiger partial charge in [0.2, 0.25) is 0 Å². The van der Waals surface area contributed by atoms with Crippen molar-refractivity contribution >= 4 is 5.82 Å². The molecule has 1 aromatic rings. The van der Waals surface area contributed by atoms with Gasteiger partial charge in [-0.3, -0.25) is 0 Å². The Hall–Kier alpha value is -1.60. The van der Waals surface area contributed by atoms with Crippen LogP contribution in [0.3, 0.4) is 0 Å². The van der Waals surface area contributed by atoms with E-state index in [0.29, 0.717) is 17.9 Å². The van der Waals surface area contributed by atoms with Gasteiger partial charge in [0.05, 0.1) is 11.7 Å². The van der Waals surface area contributed by atoms with Crippen LogP contribution >= 0.6 is 0 Å². The number of nitrogens with one attached hydrogen (secondary N) is 1. The number of rotatable bonds is 6. The van der Waals surface area contributed by atoms with Gasteiger partial charge in [0.25, 0.3) is 0 Å². The number of aryl methyl sites for hydroxylation is 1. The molecule has 0 aromatic carbocycles. The second kappa shape index (κ2) is 6.97. The maximum atomic E-state index is 10.0. The molecule has 0 radical (unpaired) electrons. The van der Waals surface area contributed by atoms with Crippen molar-refractivity contribution in [3.63, 3.8) is 0 Å². The molecular formula is C14H21N3O. The molecule has 1 rings (SSSR count). The molecule has 0 saturated carbocycles. The third-order valence-corrected chi connectivity index (χ3v) is 3.23. The first kappa shape index (κ1) is 14.5. The molecule has 0 saturated heterocycles. The zero-order valence-electron chi connectivity index (χ0n) is 11.3. The highest BCUT2D eigenvalue weighted by atomic mass is 16.3. The summed E-state index contributed by atoms with van der Waals surface area (Å²) in [7, 11) is 0. The van der Waals surface area contributed by atoms with Crippen molar-refractivity contribution in [2.45, 2.75) is 39.7 Å². The van der Waals surface area contributed by atoms with Crippen LogP contribution in [0, 0.1) is 24.2 Å². The Kier molecular flexibility index (Phi) is 5.60. The normalized spacial score (nSPS) is 12.2. The van der Waals surface area contributed by atoms with Gasteiger partial charge in [0.15, 0.2) is 0 Å². The van der Waals surface area contributed by atoms with E-state index in [2.05, 4.69) is 30.2 Å². The van der Waals surface area contributed by atoms with Gasteiger partial charge < -0.3 is 10.4 Å². The molecule has 1 aromatic heterocycles. The van der Waals surface area contributed by atoms with E-state index in [9.17, 15) is 5.11 Å². The Morgan fingerprint density at radius 3 is 2.61 bits per heavy atom. The first-order valence-corrected chi connectivity index (χ1v) is 6.42. The van der Waals surface area contributed by atoms with E-state index in [4.69, 9.17) is 5.26 Å². The highest BCUT2D eigenvalue weighted by Gasteiger charge is 2.15. The average molecular weight is 247 g/mol. The minimum atomic E-state index is -0.408. The van der Waals surface area contributed by atoms with Crippen LogP contribution in [0.2, 0.25) is 0 Å². The SMILES string of the molecule is CCC(CC)[C@H](O)CNc1nc(C)ccc1C#N. The van der Waals surface area contributed by atoms with Crippen LogP contribution < -0.4 is 5.32 Å². The van der Waals surface area contributed by atoms with Crippen molar-refractivity contribution in [3.05, 3.63) is 23.4 Å². The highest BCUT2D eigenvalue weighted by Crippen LogP contribution is 2.16. The molecule has 0 spiro atoms. The fourth-order valence-corrected chi connectivity index (χ4v) is 1.98. The van der Waals surface area contributed by atoms with E-state index >= 15 is 0 Å². The quantitative estimate of drug-likeness (QED) is 0.810. The van der Waals surface area contributed by atoms with Crippen molar-refractivity contribution in [3.8, 4) is 6.07 Å². The Balaban J connectivity index is 2.68. The van der Waals surface area contributed by atoms with Gasteiger partial charge in [0, 0.05) is 12.2 Å². The number of aliphatic hydroxyl groups excluding tert-OH is 1. The second-order valence-corrected chi connectivity index (χ2v) is 4.49. The van der Waals surface area contributed by atoms with Crippen molar-refractivity contribution in [2.24, 2.45) is 5.92 Å². The van der Waals surface area contributed by atoms with Gasteiger partial charge >= 0.3 is 0 Å². The van der Waals surface area contributed by atoms with Crippen LogP contribution in [0.4, 0.5) is 5.82 Å². The molecule has 0 aliphatic rings. The molecule has 1 heterocycles. The standard InChI is InChI=1S/C14H21N3O/c1-4-11(5-2)13(18)9-16-14-12(8-15)7-6-10(3)17-14/h6-7,11,13,18H,4-5,9H2,1-3H3,(H,16,17)/t13-/m1/s1. The van der Waals surface area contributed by atoms with Gasteiger partial charge in [0.1, 0.15) is 11.9 Å². The monoisotopic (exact) mass is 247 g/mol. The highest BCUT2D eigenvalue weighted by molar-refractivity contribution is 5.52. The number of aromatic nitrogens is 1. The van der Waals surface area contributed by atoms with Crippen LogP contribution in [-0.4, -0.2) is 22.7 Å². The Labute approximate surface area is 109 Å². The summed E-state index contributed by atoms with van der Waals surface area (Å²) >= 11 is 0.